The van der Waals surface area contributed by atoms with E-state index >= 15 is 0 Å². The summed E-state index contributed by atoms with van der Waals surface area (Å²) in [6, 6.07) is 9.08. The Balaban J connectivity index is 1.36. The number of nitrogens with two attached hydrogens (primary N) is 1. The lowest BCUT2D eigenvalue weighted by Gasteiger charge is -2.24. The summed E-state index contributed by atoms with van der Waals surface area (Å²) in [5.74, 6) is -0.346. The second-order valence-electron chi connectivity index (χ2n) is 9.04. The van der Waals surface area contributed by atoms with Crippen LogP contribution in [0.4, 0.5) is 13.2 Å². The second kappa shape index (κ2) is 10.1. The van der Waals surface area contributed by atoms with Gasteiger partial charge in [0.25, 0.3) is 5.91 Å². The number of amidine groups is 1. The molecular formula is C25H23ClF3N5O2S. The van der Waals surface area contributed by atoms with Crippen molar-refractivity contribution in [2.24, 2.45) is 10.7 Å². The molecule has 0 aliphatic carbocycles. The highest BCUT2D eigenvalue weighted by molar-refractivity contribution is 8.18. The number of aliphatic hydroxyl groups is 1. The van der Waals surface area contributed by atoms with E-state index in [0.717, 1.165) is 23.4 Å². The summed E-state index contributed by atoms with van der Waals surface area (Å²) < 4.78 is 42.0. The van der Waals surface area contributed by atoms with E-state index in [1.54, 1.807) is 24.4 Å². The second-order valence-corrected chi connectivity index (χ2v) is 10.5. The molecule has 3 heterocycles. The number of thioether (sulfide) groups is 1. The van der Waals surface area contributed by atoms with Crippen molar-refractivity contribution in [2.75, 3.05) is 13.2 Å². The van der Waals surface area contributed by atoms with Crippen LogP contribution in [0.1, 0.15) is 29.5 Å². The molecule has 2 aromatic carbocycles. The fraction of sp³-hybridized carbons (Fsp3) is 0.320. The van der Waals surface area contributed by atoms with Gasteiger partial charge in [-0.3, -0.25) is 9.48 Å². The van der Waals surface area contributed by atoms with Crippen LogP contribution >= 0.6 is 23.4 Å². The standard InChI is InChI=1S/C25H23ClF3N5O2S/c26-17-3-2-15(20(9-17)25(27,28)29)12-34-21-4-1-14(7-16(21)11-31-34)8-22-23(36)32-24(37-22)33-13-18(30)10-19(33)5-6-35/h1-4,7-9,11,18-19,35H,5-6,10,12-13,30H2/b22-8-/t18-,19+/m1/s1. The largest absolute Gasteiger partial charge is 0.416 e. The maximum atomic E-state index is 13.5. The van der Waals surface area contributed by atoms with Crippen molar-refractivity contribution >= 4 is 51.4 Å². The van der Waals surface area contributed by atoms with Crippen LogP contribution in [0.2, 0.25) is 5.02 Å². The number of rotatable bonds is 5. The van der Waals surface area contributed by atoms with Gasteiger partial charge in [0.2, 0.25) is 0 Å². The normalized spacial score (nSPS) is 21.5. The lowest BCUT2D eigenvalue weighted by atomic mass is 10.1. The van der Waals surface area contributed by atoms with E-state index in [1.165, 1.54) is 28.6 Å². The molecule has 7 nitrogen and oxygen atoms in total. The summed E-state index contributed by atoms with van der Waals surface area (Å²) >= 11 is 7.06. The molecule has 0 saturated carbocycles. The van der Waals surface area contributed by atoms with Gasteiger partial charge in [-0.2, -0.15) is 23.3 Å². The number of amides is 1. The molecule has 0 radical (unpaired) electrons. The summed E-state index contributed by atoms with van der Waals surface area (Å²) in [5.41, 5.74) is 6.76. The van der Waals surface area contributed by atoms with Crippen LogP contribution in [-0.4, -0.2) is 56.1 Å². The number of likely N-dealkylation sites (tertiary alicyclic amines) is 1. The van der Waals surface area contributed by atoms with Gasteiger partial charge in [0.1, 0.15) is 0 Å². The first-order chi connectivity index (χ1) is 17.6. The zero-order valence-electron chi connectivity index (χ0n) is 19.5. The van der Waals surface area contributed by atoms with Gasteiger partial charge in [0, 0.05) is 35.6 Å². The first kappa shape index (κ1) is 25.8. The van der Waals surface area contributed by atoms with Crippen molar-refractivity contribution in [3.05, 3.63) is 69.2 Å². The molecule has 1 saturated heterocycles. The number of carbonyl (C=O) groups is 1. The Morgan fingerprint density at radius 1 is 1.24 bits per heavy atom. The summed E-state index contributed by atoms with van der Waals surface area (Å²) in [5, 5.41) is 15.0. The Bertz CT molecular complexity index is 1420. The Labute approximate surface area is 219 Å². The minimum absolute atomic E-state index is 0.0158. The van der Waals surface area contributed by atoms with Gasteiger partial charge in [-0.15, -0.1) is 0 Å². The number of aromatic nitrogens is 2. The maximum Gasteiger partial charge on any atom is 0.416 e. The SMILES string of the molecule is N[C@@H]1C[C@H](CCO)N(C2=NC(=O)/C(=C/c3ccc4c(cnn4Cc4ccc(Cl)cc4C(F)(F)F)c3)S2)C1. The summed E-state index contributed by atoms with van der Waals surface area (Å²) in [7, 11) is 0. The lowest BCUT2D eigenvalue weighted by Crippen LogP contribution is -2.34. The van der Waals surface area contributed by atoms with Crippen molar-refractivity contribution in [1.29, 1.82) is 0 Å². The van der Waals surface area contributed by atoms with Crippen LogP contribution in [-0.2, 0) is 17.5 Å². The predicted octanol–water partition coefficient (Wildman–Crippen LogP) is 4.51. The van der Waals surface area contributed by atoms with Gasteiger partial charge in [-0.1, -0.05) is 23.7 Å². The average molecular weight is 550 g/mol. The van der Waals surface area contributed by atoms with E-state index in [-0.39, 0.29) is 41.7 Å². The molecule has 3 aromatic rings. The van der Waals surface area contributed by atoms with Crippen molar-refractivity contribution in [3.8, 4) is 0 Å². The number of benzene rings is 2. The molecular weight excluding hydrogens is 527 g/mol. The zero-order valence-corrected chi connectivity index (χ0v) is 21.0. The van der Waals surface area contributed by atoms with E-state index < -0.39 is 11.7 Å². The number of fused-ring (bicyclic) bond motifs is 1. The molecule has 0 unspecified atom stereocenters. The lowest BCUT2D eigenvalue weighted by molar-refractivity contribution is -0.138. The number of aliphatic hydroxyl groups excluding tert-OH is 1. The van der Waals surface area contributed by atoms with E-state index in [2.05, 4.69) is 10.1 Å². The molecule has 1 fully saturated rings. The van der Waals surface area contributed by atoms with Crippen LogP contribution in [0, 0.1) is 0 Å². The van der Waals surface area contributed by atoms with Gasteiger partial charge in [0.05, 0.1) is 28.7 Å². The van der Waals surface area contributed by atoms with E-state index in [9.17, 15) is 23.1 Å². The van der Waals surface area contributed by atoms with Crippen molar-refractivity contribution in [3.63, 3.8) is 0 Å². The highest BCUT2D eigenvalue weighted by Gasteiger charge is 2.36. The molecule has 12 heteroatoms. The summed E-state index contributed by atoms with van der Waals surface area (Å²) in [6.07, 6.45) is 0.0683. The van der Waals surface area contributed by atoms with Gasteiger partial charge in [0.15, 0.2) is 5.17 Å². The number of hydrogen-bond donors (Lipinski definition) is 2. The number of alkyl halides is 3. The smallest absolute Gasteiger partial charge is 0.396 e. The Kier molecular flexibility index (Phi) is 7.06. The number of halogens is 4. The Hall–Kier alpha value is -2.86. The number of hydrogen-bond acceptors (Lipinski definition) is 6. The van der Waals surface area contributed by atoms with Gasteiger partial charge in [-0.05, 0) is 66.1 Å². The first-order valence-corrected chi connectivity index (χ1v) is 12.8. The molecule has 2 atom stereocenters. The molecule has 37 heavy (non-hydrogen) atoms. The molecule has 2 aliphatic rings. The molecule has 1 amide bonds. The average Bonchev–Trinajstić information content (AvgIpc) is 3.51. The van der Waals surface area contributed by atoms with Crippen LogP contribution in [0.3, 0.4) is 0 Å². The van der Waals surface area contributed by atoms with Gasteiger partial charge in [-0.25, -0.2) is 0 Å². The van der Waals surface area contributed by atoms with Crippen LogP contribution < -0.4 is 5.73 Å². The minimum atomic E-state index is -4.53. The molecule has 2 aliphatic heterocycles. The first-order valence-electron chi connectivity index (χ1n) is 11.6. The highest BCUT2D eigenvalue weighted by Crippen LogP contribution is 2.36. The number of carbonyl (C=O) groups excluding carboxylic acids is 1. The topological polar surface area (TPSA) is 96.7 Å². The van der Waals surface area contributed by atoms with E-state index in [4.69, 9.17) is 17.3 Å². The van der Waals surface area contributed by atoms with Crippen LogP contribution in [0.25, 0.3) is 17.0 Å². The number of nitrogens with zero attached hydrogens (tertiary/aromatic N) is 4. The monoisotopic (exact) mass is 549 g/mol. The van der Waals surface area contributed by atoms with Crippen molar-refractivity contribution < 1.29 is 23.1 Å². The zero-order chi connectivity index (χ0) is 26.3. The van der Waals surface area contributed by atoms with Gasteiger partial charge < -0.3 is 15.7 Å². The Morgan fingerprint density at radius 3 is 2.81 bits per heavy atom. The predicted molar refractivity (Wildman–Crippen MR) is 138 cm³/mol. The summed E-state index contributed by atoms with van der Waals surface area (Å²) in [4.78, 5) is 19.3. The quantitative estimate of drug-likeness (QED) is 0.455. The molecule has 0 spiro atoms. The fourth-order valence-electron chi connectivity index (χ4n) is 4.72. The van der Waals surface area contributed by atoms with Crippen molar-refractivity contribution in [2.45, 2.75) is 37.6 Å². The molecule has 5 rings (SSSR count). The van der Waals surface area contributed by atoms with Gasteiger partial charge >= 0.3 is 6.18 Å². The fourth-order valence-corrected chi connectivity index (χ4v) is 5.88. The van der Waals surface area contributed by atoms with Crippen LogP contribution in [0.15, 0.2) is 52.5 Å². The molecule has 194 valence electrons. The number of aliphatic imine (C=N–C) groups is 1. The molecule has 1 aromatic heterocycles. The minimum Gasteiger partial charge on any atom is -0.396 e. The maximum absolute atomic E-state index is 13.5. The van der Waals surface area contributed by atoms with Crippen molar-refractivity contribution in [1.82, 2.24) is 14.7 Å². The molecule has 0 bridgehead atoms. The third kappa shape index (κ3) is 5.40. The highest BCUT2D eigenvalue weighted by atomic mass is 35.5. The third-order valence-electron chi connectivity index (χ3n) is 6.43. The van der Waals surface area contributed by atoms with E-state index in [1.807, 2.05) is 11.0 Å². The van der Waals surface area contributed by atoms with Crippen LogP contribution in [0.5, 0.6) is 0 Å². The molecule has 3 N–H and O–H groups in total. The Morgan fingerprint density at radius 2 is 2.05 bits per heavy atom. The third-order valence-corrected chi connectivity index (χ3v) is 7.68. The summed E-state index contributed by atoms with van der Waals surface area (Å²) in [6.45, 7) is 0.534. The van der Waals surface area contributed by atoms with E-state index in [0.29, 0.717) is 28.6 Å².